The number of hydrazine groups is 1. The minimum absolute atomic E-state index is 0.0813. The van der Waals surface area contributed by atoms with Crippen molar-refractivity contribution in [2.75, 3.05) is 13.7 Å². The van der Waals surface area contributed by atoms with Crippen LogP contribution in [-0.2, 0) is 4.79 Å². The summed E-state index contributed by atoms with van der Waals surface area (Å²) in [5, 5.41) is 1.89. The van der Waals surface area contributed by atoms with Crippen molar-refractivity contribution in [3.05, 3.63) is 64.1 Å². The lowest BCUT2D eigenvalue weighted by Gasteiger charge is -2.13. The average molecular weight is 407 g/mol. The van der Waals surface area contributed by atoms with Crippen LogP contribution in [0.5, 0.6) is 5.75 Å². The van der Waals surface area contributed by atoms with E-state index in [2.05, 4.69) is 26.8 Å². The van der Waals surface area contributed by atoms with Gasteiger partial charge >= 0.3 is 0 Å². The summed E-state index contributed by atoms with van der Waals surface area (Å²) >= 11 is 3.45. The molecule has 25 heavy (non-hydrogen) atoms. The van der Waals surface area contributed by atoms with Crippen molar-refractivity contribution in [2.45, 2.75) is 13.0 Å². The van der Waals surface area contributed by atoms with Crippen molar-refractivity contribution in [1.82, 2.24) is 10.9 Å². The van der Waals surface area contributed by atoms with Crippen molar-refractivity contribution in [3.63, 3.8) is 0 Å². The number of halogens is 1. The van der Waals surface area contributed by atoms with Crippen LogP contribution in [0.15, 0.2) is 53.0 Å². The Morgan fingerprint density at radius 3 is 2.52 bits per heavy atom. The van der Waals surface area contributed by atoms with Gasteiger partial charge in [0.15, 0.2) is 6.54 Å². The van der Waals surface area contributed by atoms with Gasteiger partial charge in [0.25, 0.3) is 11.8 Å². The monoisotopic (exact) mass is 406 g/mol. The Hall–Kier alpha value is -2.38. The van der Waals surface area contributed by atoms with Crippen molar-refractivity contribution in [3.8, 4) is 5.75 Å². The lowest BCUT2D eigenvalue weighted by Crippen LogP contribution is -2.87. The Balaban J connectivity index is 1.79. The Morgan fingerprint density at radius 1 is 1.16 bits per heavy atom. The van der Waals surface area contributed by atoms with Crippen LogP contribution in [0.4, 0.5) is 0 Å². The predicted molar refractivity (Wildman–Crippen MR) is 98.0 cm³/mol. The molecule has 0 fully saturated rings. The molecule has 0 heterocycles. The zero-order valence-electron chi connectivity index (χ0n) is 14.1. The summed E-state index contributed by atoms with van der Waals surface area (Å²) in [5.41, 5.74) is 6.38. The molecule has 0 bridgehead atoms. The van der Waals surface area contributed by atoms with Gasteiger partial charge in [-0.15, -0.1) is 0 Å². The normalized spacial score (nSPS) is 11.5. The van der Waals surface area contributed by atoms with Gasteiger partial charge in [-0.25, -0.2) is 0 Å². The number of rotatable bonds is 6. The van der Waals surface area contributed by atoms with Gasteiger partial charge in [-0.05, 0) is 53.2 Å². The number of ether oxygens (including phenoxy) is 1. The standard InChI is InChI=1S/C18H20BrN3O3/c1-12(14-8-9-16(25-2)15(19)10-14)20-11-17(23)21-22-18(24)13-6-4-3-5-7-13/h3-10,12,20H,11H2,1-2H3,(H,21,23)(H,22,24)/p+1/t12-/m1/s1. The highest BCUT2D eigenvalue weighted by Crippen LogP contribution is 2.26. The number of hydrogen-bond acceptors (Lipinski definition) is 3. The largest absolute Gasteiger partial charge is 0.496 e. The number of methoxy groups -OCH3 is 1. The zero-order chi connectivity index (χ0) is 18.2. The van der Waals surface area contributed by atoms with E-state index in [0.717, 1.165) is 15.8 Å². The first-order valence-electron chi connectivity index (χ1n) is 7.82. The highest BCUT2D eigenvalue weighted by molar-refractivity contribution is 9.10. The molecule has 7 heteroatoms. The van der Waals surface area contributed by atoms with Crippen LogP contribution >= 0.6 is 15.9 Å². The van der Waals surface area contributed by atoms with Gasteiger partial charge < -0.3 is 10.1 Å². The number of carbonyl (C=O) groups is 2. The van der Waals surface area contributed by atoms with Gasteiger partial charge in [0, 0.05) is 11.1 Å². The fraction of sp³-hybridized carbons (Fsp3) is 0.222. The summed E-state index contributed by atoms with van der Waals surface area (Å²) < 4.78 is 6.08. The highest BCUT2D eigenvalue weighted by atomic mass is 79.9. The molecule has 0 radical (unpaired) electrons. The minimum Gasteiger partial charge on any atom is -0.496 e. The molecule has 0 unspecified atom stereocenters. The smallest absolute Gasteiger partial charge is 0.293 e. The second kappa shape index (κ2) is 9.19. The van der Waals surface area contributed by atoms with Crippen LogP contribution in [-0.4, -0.2) is 25.5 Å². The molecule has 1 atom stereocenters. The van der Waals surface area contributed by atoms with E-state index in [9.17, 15) is 9.59 Å². The number of benzene rings is 2. The Labute approximate surface area is 155 Å². The molecule has 2 amide bonds. The number of hydrogen-bond donors (Lipinski definition) is 3. The van der Waals surface area contributed by atoms with E-state index in [-0.39, 0.29) is 24.4 Å². The topological polar surface area (TPSA) is 84.0 Å². The number of nitrogens with one attached hydrogen (secondary N) is 2. The van der Waals surface area contributed by atoms with E-state index in [4.69, 9.17) is 4.74 Å². The number of carbonyl (C=O) groups excluding carboxylic acids is 2. The van der Waals surface area contributed by atoms with Crippen LogP contribution in [0, 0.1) is 0 Å². The van der Waals surface area contributed by atoms with Crippen LogP contribution in [0.3, 0.4) is 0 Å². The van der Waals surface area contributed by atoms with Crippen molar-refractivity contribution < 1.29 is 19.6 Å². The second-order valence-electron chi connectivity index (χ2n) is 5.49. The van der Waals surface area contributed by atoms with E-state index in [1.165, 1.54) is 0 Å². The summed E-state index contributed by atoms with van der Waals surface area (Å²) in [4.78, 5) is 23.7. The van der Waals surface area contributed by atoms with Gasteiger partial charge in [-0.2, -0.15) is 0 Å². The lowest BCUT2D eigenvalue weighted by molar-refractivity contribution is -0.682. The SMILES string of the molecule is COc1ccc([C@@H](C)[NH2+]CC(=O)NNC(=O)c2ccccc2)cc1Br. The maximum Gasteiger partial charge on any atom is 0.293 e. The second-order valence-corrected chi connectivity index (χ2v) is 6.35. The van der Waals surface area contributed by atoms with Crippen molar-refractivity contribution in [2.24, 2.45) is 0 Å². The Kier molecular flexibility index (Phi) is 6.97. The molecule has 4 N–H and O–H groups in total. The Morgan fingerprint density at radius 2 is 1.88 bits per heavy atom. The van der Waals surface area contributed by atoms with Crippen LogP contribution in [0.1, 0.15) is 28.9 Å². The third-order valence-electron chi connectivity index (χ3n) is 3.71. The van der Waals surface area contributed by atoms with Gasteiger partial charge in [0.05, 0.1) is 11.6 Å². The van der Waals surface area contributed by atoms with Crippen LogP contribution in [0.25, 0.3) is 0 Å². The van der Waals surface area contributed by atoms with Crippen molar-refractivity contribution >= 4 is 27.7 Å². The molecule has 132 valence electrons. The molecule has 0 aliphatic rings. The fourth-order valence-corrected chi connectivity index (χ4v) is 2.78. The minimum atomic E-state index is -0.346. The number of amides is 2. The van der Waals surface area contributed by atoms with E-state index in [1.807, 2.05) is 36.5 Å². The van der Waals surface area contributed by atoms with Crippen LogP contribution < -0.4 is 20.9 Å². The molecule has 2 rings (SSSR count). The molecule has 2 aromatic carbocycles. The summed E-state index contributed by atoms with van der Waals surface area (Å²) in [6, 6.07) is 14.6. The summed E-state index contributed by atoms with van der Waals surface area (Å²) in [5.74, 6) is 0.141. The average Bonchev–Trinajstić information content (AvgIpc) is 2.64. The zero-order valence-corrected chi connectivity index (χ0v) is 15.7. The lowest BCUT2D eigenvalue weighted by atomic mass is 10.1. The first-order valence-corrected chi connectivity index (χ1v) is 8.61. The quantitative estimate of drug-likeness (QED) is 0.636. The third-order valence-corrected chi connectivity index (χ3v) is 4.33. The summed E-state index contributed by atoms with van der Waals surface area (Å²) in [7, 11) is 1.61. The highest BCUT2D eigenvalue weighted by Gasteiger charge is 2.14. The predicted octanol–water partition coefficient (Wildman–Crippen LogP) is 1.54. The van der Waals surface area contributed by atoms with Gasteiger partial charge in [-0.3, -0.25) is 20.4 Å². The summed E-state index contributed by atoms with van der Waals surface area (Å²) in [6.07, 6.45) is 0. The van der Waals surface area contributed by atoms with Crippen LogP contribution in [0.2, 0.25) is 0 Å². The van der Waals surface area contributed by atoms with Crippen molar-refractivity contribution in [1.29, 1.82) is 0 Å². The molecule has 6 nitrogen and oxygen atoms in total. The fourth-order valence-electron chi connectivity index (χ4n) is 2.22. The number of quaternary nitrogens is 1. The molecule has 0 saturated heterocycles. The van der Waals surface area contributed by atoms with Gasteiger partial charge in [0.1, 0.15) is 11.8 Å². The number of nitrogens with two attached hydrogens (primary N) is 1. The third kappa shape index (κ3) is 5.58. The van der Waals surface area contributed by atoms with E-state index >= 15 is 0 Å². The van der Waals surface area contributed by atoms with E-state index in [1.54, 1.807) is 31.4 Å². The maximum atomic E-state index is 11.9. The molecule has 2 aromatic rings. The van der Waals surface area contributed by atoms with E-state index in [0.29, 0.717) is 5.56 Å². The first-order chi connectivity index (χ1) is 12.0. The molecule has 0 spiro atoms. The maximum absolute atomic E-state index is 11.9. The van der Waals surface area contributed by atoms with Gasteiger partial charge in [0.2, 0.25) is 0 Å². The molecular formula is C18H21BrN3O3+. The molecule has 0 aliphatic heterocycles. The molecular weight excluding hydrogens is 386 g/mol. The van der Waals surface area contributed by atoms with E-state index < -0.39 is 0 Å². The summed E-state index contributed by atoms with van der Waals surface area (Å²) in [6.45, 7) is 2.20. The molecule has 0 saturated carbocycles. The molecule has 0 aliphatic carbocycles. The molecule has 0 aromatic heterocycles. The first kappa shape index (κ1) is 19.0. The Bertz CT molecular complexity index is 738. The van der Waals surface area contributed by atoms with Gasteiger partial charge in [-0.1, -0.05) is 18.2 Å².